The Labute approximate surface area is 109 Å². The number of hydrogen-bond donors (Lipinski definition) is 2. The van der Waals surface area contributed by atoms with E-state index in [9.17, 15) is 0 Å². The van der Waals surface area contributed by atoms with Crippen LogP contribution in [0.15, 0.2) is 12.4 Å². The summed E-state index contributed by atoms with van der Waals surface area (Å²) in [7, 11) is 0. The second kappa shape index (κ2) is 8.06. The second-order valence-electron chi connectivity index (χ2n) is 4.17. The number of rotatable bonds is 7. The molecule has 0 aliphatic carbocycles. The van der Waals surface area contributed by atoms with Gasteiger partial charge < -0.3 is 10.6 Å². The van der Waals surface area contributed by atoms with Crippen LogP contribution in [0.25, 0.3) is 0 Å². The van der Waals surface area contributed by atoms with Gasteiger partial charge in [-0.1, -0.05) is 13.3 Å². The Morgan fingerprint density at radius 1 is 1.35 bits per heavy atom. The topological polar surface area (TPSA) is 41.9 Å². The molecule has 0 aliphatic heterocycles. The summed E-state index contributed by atoms with van der Waals surface area (Å²) in [6.07, 6.45) is 7.31. The minimum atomic E-state index is 0.759. The molecule has 0 radical (unpaired) electrons. The van der Waals surface area contributed by atoms with E-state index < -0.39 is 0 Å². The van der Waals surface area contributed by atoms with Gasteiger partial charge in [0.25, 0.3) is 0 Å². The number of aryl methyl sites for hydroxylation is 2. The van der Waals surface area contributed by atoms with Crippen LogP contribution in [-0.4, -0.2) is 28.0 Å². The summed E-state index contributed by atoms with van der Waals surface area (Å²) in [4.78, 5) is 0. The lowest BCUT2D eigenvalue weighted by Gasteiger charge is -2.09. The first kappa shape index (κ1) is 14.0. The molecule has 1 rings (SSSR count). The third kappa shape index (κ3) is 6.26. The highest BCUT2D eigenvalue weighted by molar-refractivity contribution is 7.80. The van der Waals surface area contributed by atoms with Gasteiger partial charge in [-0.2, -0.15) is 5.10 Å². The van der Waals surface area contributed by atoms with Gasteiger partial charge in [-0.05, 0) is 37.5 Å². The Morgan fingerprint density at radius 3 is 2.65 bits per heavy atom. The summed E-state index contributed by atoms with van der Waals surface area (Å²) in [5, 5.41) is 11.4. The normalized spacial score (nSPS) is 10.2. The average Bonchev–Trinajstić information content (AvgIpc) is 2.71. The van der Waals surface area contributed by atoms with Crippen molar-refractivity contribution < 1.29 is 0 Å². The Balaban J connectivity index is 2.02. The highest BCUT2D eigenvalue weighted by Crippen LogP contribution is 1.95. The molecule has 0 fully saturated rings. The second-order valence-corrected chi connectivity index (χ2v) is 4.58. The van der Waals surface area contributed by atoms with Gasteiger partial charge >= 0.3 is 0 Å². The molecule has 0 atom stereocenters. The van der Waals surface area contributed by atoms with Crippen molar-refractivity contribution in [1.82, 2.24) is 20.4 Å². The molecule has 0 spiro atoms. The smallest absolute Gasteiger partial charge is 0.166 e. The Morgan fingerprint density at radius 2 is 2.06 bits per heavy atom. The molecule has 0 bridgehead atoms. The van der Waals surface area contributed by atoms with Crippen molar-refractivity contribution in [3.8, 4) is 0 Å². The zero-order valence-corrected chi connectivity index (χ0v) is 11.5. The molecule has 0 amide bonds. The van der Waals surface area contributed by atoms with Crippen LogP contribution in [0.5, 0.6) is 0 Å². The maximum absolute atomic E-state index is 5.16. The standard InChI is InChI=1S/C12H22N4S/c1-3-4-6-13-12(17)14-7-5-8-16-10-11(2)9-15-16/h9-10H,3-8H2,1-2H3,(H2,13,14,17). The minimum absolute atomic E-state index is 0.759. The van der Waals surface area contributed by atoms with E-state index in [0.717, 1.165) is 37.6 Å². The lowest BCUT2D eigenvalue weighted by atomic mass is 10.3. The fourth-order valence-corrected chi connectivity index (χ4v) is 1.68. The SMILES string of the molecule is CCCCNC(=S)NCCCn1cc(C)cn1. The van der Waals surface area contributed by atoms with Crippen LogP contribution in [0.3, 0.4) is 0 Å². The predicted octanol–water partition coefficient (Wildman–Crippen LogP) is 1.85. The van der Waals surface area contributed by atoms with E-state index in [0.29, 0.717) is 0 Å². The first-order valence-electron chi connectivity index (χ1n) is 6.23. The zero-order chi connectivity index (χ0) is 12.5. The van der Waals surface area contributed by atoms with Crippen molar-refractivity contribution in [2.24, 2.45) is 0 Å². The molecular formula is C12H22N4S. The van der Waals surface area contributed by atoms with Gasteiger partial charge in [-0.25, -0.2) is 0 Å². The highest BCUT2D eigenvalue weighted by atomic mass is 32.1. The van der Waals surface area contributed by atoms with Gasteiger partial charge in [0.1, 0.15) is 0 Å². The number of thiocarbonyl (C=S) groups is 1. The number of unbranched alkanes of at least 4 members (excludes halogenated alkanes) is 1. The Bertz CT molecular complexity index is 335. The van der Waals surface area contributed by atoms with Crippen LogP contribution in [0.2, 0.25) is 0 Å². The summed E-state index contributed by atoms with van der Waals surface area (Å²) >= 11 is 5.16. The zero-order valence-electron chi connectivity index (χ0n) is 10.7. The first-order chi connectivity index (χ1) is 8.22. The summed E-state index contributed by atoms with van der Waals surface area (Å²) < 4.78 is 1.96. The number of hydrogen-bond acceptors (Lipinski definition) is 2. The maximum atomic E-state index is 5.16. The van der Waals surface area contributed by atoms with Gasteiger partial charge in [-0.15, -0.1) is 0 Å². The van der Waals surface area contributed by atoms with E-state index in [1.165, 1.54) is 12.0 Å². The molecule has 0 aliphatic rings. The van der Waals surface area contributed by atoms with Crippen molar-refractivity contribution in [2.75, 3.05) is 13.1 Å². The number of nitrogens with one attached hydrogen (secondary N) is 2. The van der Waals surface area contributed by atoms with Crippen molar-refractivity contribution in [3.63, 3.8) is 0 Å². The number of aromatic nitrogens is 2. The van der Waals surface area contributed by atoms with Gasteiger partial charge in [0, 0.05) is 25.8 Å². The fraction of sp³-hybridized carbons (Fsp3) is 0.667. The largest absolute Gasteiger partial charge is 0.363 e. The van der Waals surface area contributed by atoms with Crippen LogP contribution in [0.4, 0.5) is 0 Å². The van der Waals surface area contributed by atoms with E-state index in [1.807, 2.05) is 10.9 Å². The highest BCUT2D eigenvalue weighted by Gasteiger charge is 1.96. The van der Waals surface area contributed by atoms with Gasteiger partial charge in [0.2, 0.25) is 0 Å². The first-order valence-corrected chi connectivity index (χ1v) is 6.64. The van der Waals surface area contributed by atoms with E-state index in [1.54, 1.807) is 0 Å². The van der Waals surface area contributed by atoms with Crippen LogP contribution in [-0.2, 0) is 6.54 Å². The van der Waals surface area contributed by atoms with Crippen molar-refractivity contribution >= 4 is 17.3 Å². The van der Waals surface area contributed by atoms with Crippen molar-refractivity contribution in [1.29, 1.82) is 0 Å². The van der Waals surface area contributed by atoms with Crippen LogP contribution in [0.1, 0.15) is 31.7 Å². The third-order valence-electron chi connectivity index (χ3n) is 2.43. The molecule has 5 heteroatoms. The number of nitrogens with zero attached hydrogens (tertiary/aromatic N) is 2. The van der Waals surface area contributed by atoms with Gasteiger partial charge in [-0.3, -0.25) is 4.68 Å². The van der Waals surface area contributed by atoms with Crippen LogP contribution >= 0.6 is 12.2 Å². The van der Waals surface area contributed by atoms with E-state index in [-0.39, 0.29) is 0 Å². The molecule has 2 N–H and O–H groups in total. The molecule has 0 aromatic carbocycles. The maximum Gasteiger partial charge on any atom is 0.166 e. The van der Waals surface area contributed by atoms with Crippen LogP contribution < -0.4 is 10.6 Å². The molecule has 1 aromatic heterocycles. The Hall–Kier alpha value is -1.10. The summed E-state index contributed by atoms with van der Waals surface area (Å²) in [6.45, 7) is 6.99. The van der Waals surface area contributed by atoms with Crippen molar-refractivity contribution in [2.45, 2.75) is 39.7 Å². The molecule has 1 heterocycles. The summed E-state index contributed by atoms with van der Waals surface area (Å²) in [5.74, 6) is 0. The van der Waals surface area contributed by atoms with E-state index >= 15 is 0 Å². The summed E-state index contributed by atoms with van der Waals surface area (Å²) in [6, 6.07) is 0. The van der Waals surface area contributed by atoms with E-state index in [4.69, 9.17) is 12.2 Å². The molecule has 0 unspecified atom stereocenters. The minimum Gasteiger partial charge on any atom is -0.363 e. The van der Waals surface area contributed by atoms with E-state index in [2.05, 4.69) is 35.8 Å². The van der Waals surface area contributed by atoms with Crippen molar-refractivity contribution in [3.05, 3.63) is 18.0 Å². The summed E-state index contributed by atoms with van der Waals surface area (Å²) in [5.41, 5.74) is 1.20. The molecular weight excluding hydrogens is 232 g/mol. The molecule has 0 saturated heterocycles. The van der Waals surface area contributed by atoms with Crippen LogP contribution in [0, 0.1) is 6.92 Å². The third-order valence-corrected chi connectivity index (χ3v) is 2.72. The molecule has 1 aromatic rings. The fourth-order valence-electron chi connectivity index (χ4n) is 1.47. The average molecular weight is 254 g/mol. The quantitative estimate of drug-likeness (QED) is 0.575. The Kier molecular flexibility index (Phi) is 6.62. The molecule has 96 valence electrons. The molecule has 4 nitrogen and oxygen atoms in total. The molecule has 0 saturated carbocycles. The van der Waals surface area contributed by atoms with Gasteiger partial charge in [0.15, 0.2) is 5.11 Å². The lowest BCUT2D eigenvalue weighted by Crippen LogP contribution is -2.36. The monoisotopic (exact) mass is 254 g/mol. The molecule has 17 heavy (non-hydrogen) atoms. The van der Waals surface area contributed by atoms with Gasteiger partial charge in [0.05, 0.1) is 6.20 Å². The predicted molar refractivity (Wildman–Crippen MR) is 75.1 cm³/mol. The lowest BCUT2D eigenvalue weighted by molar-refractivity contribution is 0.571.